The van der Waals surface area contributed by atoms with Crippen LogP contribution in [0, 0.1) is 6.92 Å². The standard InChI is InChI=1S/C13H19BrN2O2/c1-4-13(3,8-17)16-12(18)15-11-6-5-10(14)7-9(11)2/h5-7,17H,4,8H2,1-3H3,(H2,15,16,18). The lowest BCUT2D eigenvalue weighted by molar-refractivity contribution is 0.172. The average Bonchev–Trinajstić information content (AvgIpc) is 2.32. The summed E-state index contributed by atoms with van der Waals surface area (Å²) < 4.78 is 0.972. The summed E-state index contributed by atoms with van der Waals surface area (Å²) in [5.41, 5.74) is 1.14. The van der Waals surface area contributed by atoms with Crippen LogP contribution in [-0.2, 0) is 0 Å². The maximum atomic E-state index is 11.8. The summed E-state index contributed by atoms with van der Waals surface area (Å²) in [4.78, 5) is 11.8. The lowest BCUT2D eigenvalue weighted by Crippen LogP contribution is -2.50. The molecule has 0 aliphatic carbocycles. The van der Waals surface area contributed by atoms with Gasteiger partial charge in [0.15, 0.2) is 0 Å². The SMILES string of the molecule is CCC(C)(CO)NC(=O)Nc1ccc(Br)cc1C. The number of hydrogen-bond donors (Lipinski definition) is 3. The maximum absolute atomic E-state index is 11.8. The van der Waals surface area contributed by atoms with Crippen molar-refractivity contribution in [3.8, 4) is 0 Å². The van der Waals surface area contributed by atoms with Crippen molar-refractivity contribution < 1.29 is 9.90 Å². The second kappa shape index (κ2) is 6.20. The minimum Gasteiger partial charge on any atom is -0.394 e. The van der Waals surface area contributed by atoms with E-state index in [9.17, 15) is 9.90 Å². The van der Waals surface area contributed by atoms with Gasteiger partial charge in [-0.05, 0) is 44.0 Å². The molecule has 0 radical (unpaired) electrons. The molecule has 5 heteroatoms. The summed E-state index contributed by atoms with van der Waals surface area (Å²) in [6, 6.07) is 5.33. The maximum Gasteiger partial charge on any atom is 0.319 e. The Balaban J connectivity index is 2.70. The highest BCUT2D eigenvalue weighted by Gasteiger charge is 2.23. The number of carbonyl (C=O) groups excluding carboxylic acids is 1. The van der Waals surface area contributed by atoms with Crippen molar-refractivity contribution in [2.75, 3.05) is 11.9 Å². The Kier molecular flexibility index (Phi) is 5.16. The highest BCUT2D eigenvalue weighted by atomic mass is 79.9. The quantitative estimate of drug-likeness (QED) is 0.800. The van der Waals surface area contributed by atoms with E-state index in [2.05, 4.69) is 26.6 Å². The summed E-state index contributed by atoms with van der Waals surface area (Å²) >= 11 is 3.37. The second-order valence-electron chi connectivity index (χ2n) is 4.61. The van der Waals surface area contributed by atoms with Gasteiger partial charge in [-0.2, -0.15) is 0 Å². The summed E-state index contributed by atoms with van der Waals surface area (Å²) in [5, 5.41) is 14.8. The van der Waals surface area contributed by atoms with E-state index in [1.54, 1.807) is 6.92 Å². The number of hydrogen-bond acceptors (Lipinski definition) is 2. The summed E-state index contributed by atoms with van der Waals surface area (Å²) in [6.07, 6.45) is 0.663. The van der Waals surface area contributed by atoms with E-state index >= 15 is 0 Å². The van der Waals surface area contributed by atoms with Crippen LogP contribution >= 0.6 is 15.9 Å². The van der Waals surface area contributed by atoms with Gasteiger partial charge in [0.2, 0.25) is 0 Å². The summed E-state index contributed by atoms with van der Waals surface area (Å²) in [5.74, 6) is 0. The van der Waals surface area contributed by atoms with Crippen molar-refractivity contribution in [2.24, 2.45) is 0 Å². The number of urea groups is 1. The molecule has 1 aromatic carbocycles. The highest BCUT2D eigenvalue weighted by molar-refractivity contribution is 9.10. The number of aryl methyl sites for hydroxylation is 1. The zero-order valence-corrected chi connectivity index (χ0v) is 12.5. The molecular formula is C13H19BrN2O2. The number of nitrogens with one attached hydrogen (secondary N) is 2. The summed E-state index contributed by atoms with van der Waals surface area (Å²) in [7, 11) is 0. The Morgan fingerprint density at radius 1 is 1.50 bits per heavy atom. The van der Waals surface area contributed by atoms with Gasteiger partial charge >= 0.3 is 6.03 Å². The number of rotatable bonds is 4. The van der Waals surface area contributed by atoms with Crippen LogP contribution < -0.4 is 10.6 Å². The van der Waals surface area contributed by atoms with Gasteiger partial charge in [-0.3, -0.25) is 0 Å². The van der Waals surface area contributed by atoms with E-state index in [0.717, 1.165) is 15.7 Å². The van der Waals surface area contributed by atoms with Gasteiger partial charge in [0.05, 0.1) is 12.1 Å². The van der Waals surface area contributed by atoms with Crippen molar-refractivity contribution in [2.45, 2.75) is 32.7 Å². The monoisotopic (exact) mass is 314 g/mol. The number of amides is 2. The van der Waals surface area contributed by atoms with Crippen LogP contribution in [0.4, 0.5) is 10.5 Å². The van der Waals surface area contributed by atoms with Crippen molar-refractivity contribution >= 4 is 27.6 Å². The van der Waals surface area contributed by atoms with Crippen LogP contribution in [0.2, 0.25) is 0 Å². The lowest BCUT2D eigenvalue weighted by atomic mass is 10.0. The zero-order valence-electron chi connectivity index (χ0n) is 10.9. The molecule has 2 amide bonds. The van der Waals surface area contributed by atoms with E-state index < -0.39 is 5.54 Å². The average molecular weight is 315 g/mol. The number of benzene rings is 1. The number of halogens is 1. The molecule has 0 aliphatic rings. The molecule has 0 saturated heterocycles. The third kappa shape index (κ3) is 3.99. The molecule has 18 heavy (non-hydrogen) atoms. The molecule has 0 heterocycles. The van der Waals surface area contributed by atoms with Gasteiger partial charge in [0, 0.05) is 10.2 Å². The van der Waals surface area contributed by atoms with Crippen LogP contribution in [0.3, 0.4) is 0 Å². The van der Waals surface area contributed by atoms with Crippen molar-refractivity contribution in [3.05, 3.63) is 28.2 Å². The molecule has 3 N–H and O–H groups in total. The first-order chi connectivity index (χ1) is 8.40. The minimum atomic E-state index is -0.590. The fourth-order valence-corrected chi connectivity index (χ4v) is 1.91. The minimum absolute atomic E-state index is 0.0871. The van der Waals surface area contributed by atoms with E-state index in [4.69, 9.17) is 0 Å². The van der Waals surface area contributed by atoms with Gasteiger partial charge < -0.3 is 15.7 Å². The van der Waals surface area contributed by atoms with Crippen LogP contribution in [0.1, 0.15) is 25.8 Å². The fraction of sp³-hybridized carbons (Fsp3) is 0.462. The van der Waals surface area contributed by atoms with Gasteiger partial charge in [-0.1, -0.05) is 22.9 Å². The van der Waals surface area contributed by atoms with Crippen molar-refractivity contribution in [3.63, 3.8) is 0 Å². The van der Waals surface area contributed by atoms with Crippen LogP contribution in [0.15, 0.2) is 22.7 Å². The van der Waals surface area contributed by atoms with Crippen LogP contribution in [0.5, 0.6) is 0 Å². The first-order valence-electron chi connectivity index (χ1n) is 5.86. The van der Waals surface area contributed by atoms with Gasteiger partial charge in [0.1, 0.15) is 0 Å². The third-order valence-electron chi connectivity index (χ3n) is 2.98. The van der Waals surface area contributed by atoms with Crippen LogP contribution in [0.25, 0.3) is 0 Å². The Morgan fingerprint density at radius 3 is 2.67 bits per heavy atom. The van der Waals surface area contributed by atoms with E-state index in [1.165, 1.54) is 0 Å². The molecule has 1 rings (SSSR count). The fourth-order valence-electron chi connectivity index (χ4n) is 1.43. The van der Waals surface area contributed by atoms with E-state index in [1.807, 2.05) is 32.0 Å². The molecule has 0 saturated carbocycles. The molecule has 0 bridgehead atoms. The van der Waals surface area contributed by atoms with Gasteiger partial charge in [0.25, 0.3) is 0 Å². The predicted molar refractivity (Wildman–Crippen MR) is 76.8 cm³/mol. The zero-order chi connectivity index (χ0) is 13.8. The van der Waals surface area contributed by atoms with Crippen molar-refractivity contribution in [1.29, 1.82) is 0 Å². The molecule has 0 fully saturated rings. The largest absolute Gasteiger partial charge is 0.394 e. The first-order valence-corrected chi connectivity index (χ1v) is 6.65. The smallest absolute Gasteiger partial charge is 0.319 e. The molecular weight excluding hydrogens is 296 g/mol. The summed E-state index contributed by atoms with van der Waals surface area (Å²) in [6.45, 7) is 5.56. The van der Waals surface area contributed by atoms with Crippen molar-refractivity contribution in [1.82, 2.24) is 5.32 Å². The number of carbonyl (C=O) groups is 1. The Hall–Kier alpha value is -1.07. The Morgan fingerprint density at radius 2 is 2.17 bits per heavy atom. The number of aliphatic hydroxyl groups excluding tert-OH is 1. The topological polar surface area (TPSA) is 61.4 Å². The first kappa shape index (κ1) is 15.0. The van der Waals surface area contributed by atoms with E-state index in [0.29, 0.717) is 6.42 Å². The molecule has 1 atom stereocenters. The van der Waals surface area contributed by atoms with Gasteiger partial charge in [-0.25, -0.2) is 4.79 Å². The normalized spacial score (nSPS) is 13.8. The van der Waals surface area contributed by atoms with Crippen LogP contribution in [-0.4, -0.2) is 23.3 Å². The highest BCUT2D eigenvalue weighted by Crippen LogP contribution is 2.20. The third-order valence-corrected chi connectivity index (χ3v) is 3.47. The molecule has 1 aromatic rings. The molecule has 0 aliphatic heterocycles. The molecule has 0 spiro atoms. The molecule has 0 aromatic heterocycles. The second-order valence-corrected chi connectivity index (χ2v) is 5.53. The molecule has 100 valence electrons. The lowest BCUT2D eigenvalue weighted by Gasteiger charge is -2.27. The van der Waals surface area contributed by atoms with E-state index in [-0.39, 0.29) is 12.6 Å². The predicted octanol–water partition coefficient (Wildman–Crippen LogP) is 3.04. The number of aliphatic hydroxyl groups is 1. The van der Waals surface area contributed by atoms with Gasteiger partial charge in [-0.15, -0.1) is 0 Å². The Labute approximate surface area is 116 Å². The molecule has 4 nitrogen and oxygen atoms in total. The number of anilines is 1. The Bertz CT molecular complexity index is 431. The molecule has 1 unspecified atom stereocenters.